The van der Waals surface area contributed by atoms with E-state index in [1.54, 1.807) is 6.07 Å². The monoisotopic (exact) mass is 402 g/mol. The Hall–Kier alpha value is -2.22. The summed E-state index contributed by atoms with van der Waals surface area (Å²) >= 11 is 0. The molecule has 0 aliphatic carbocycles. The van der Waals surface area contributed by atoms with Crippen LogP contribution < -0.4 is 5.32 Å². The summed E-state index contributed by atoms with van der Waals surface area (Å²) in [6.07, 6.45) is 0. The molecule has 0 aromatic heterocycles. The Morgan fingerprint density at radius 3 is 2.39 bits per heavy atom. The van der Waals surface area contributed by atoms with Crippen LogP contribution in [0.25, 0.3) is 11.1 Å². The molecule has 1 saturated heterocycles. The third-order valence-electron chi connectivity index (χ3n) is 5.10. The third kappa shape index (κ3) is 4.43. The second kappa shape index (κ2) is 8.43. The molecule has 3 rings (SSSR count). The molecule has 0 saturated carbocycles. The molecule has 0 radical (unpaired) electrons. The molecule has 1 N–H and O–H groups in total. The Bertz CT molecular complexity index is 956. The molecule has 0 bridgehead atoms. The summed E-state index contributed by atoms with van der Waals surface area (Å²) in [5.74, 6) is -0.548. The summed E-state index contributed by atoms with van der Waals surface area (Å²) in [4.78, 5) is 13.0. The first-order valence-corrected chi connectivity index (χ1v) is 10.8. The van der Waals surface area contributed by atoms with Gasteiger partial charge in [0.1, 0.15) is 0 Å². The summed E-state index contributed by atoms with van der Waals surface area (Å²) < 4.78 is 31.1. The number of hydrogen-bond donors (Lipinski definition) is 1. The standard InChI is InChI=1S/C21H26N2O4S/c1-15-8-4-5-9-17(15)18-10-6-7-11-19(18)21(24)22-20-13-27-12-16(20)14-28(25,26)23(2)3/h4-11,16,20H,12-14H2,1-3H3,(H,22,24)/t16-,20-/m0/s1. The van der Waals surface area contributed by atoms with E-state index in [0.717, 1.165) is 16.7 Å². The summed E-state index contributed by atoms with van der Waals surface area (Å²) in [7, 11) is -0.348. The highest BCUT2D eigenvalue weighted by Crippen LogP contribution is 2.27. The van der Waals surface area contributed by atoms with Crippen molar-refractivity contribution < 1.29 is 17.9 Å². The molecule has 150 valence electrons. The molecule has 28 heavy (non-hydrogen) atoms. The lowest BCUT2D eigenvalue weighted by atomic mass is 9.95. The molecule has 7 heteroatoms. The van der Waals surface area contributed by atoms with Crippen LogP contribution >= 0.6 is 0 Å². The van der Waals surface area contributed by atoms with Crippen molar-refractivity contribution in [2.45, 2.75) is 13.0 Å². The van der Waals surface area contributed by atoms with Crippen molar-refractivity contribution in [2.24, 2.45) is 5.92 Å². The fourth-order valence-corrected chi connectivity index (χ4v) is 4.55. The highest BCUT2D eigenvalue weighted by molar-refractivity contribution is 7.89. The maximum atomic E-state index is 13.0. The van der Waals surface area contributed by atoms with Gasteiger partial charge in [-0.15, -0.1) is 0 Å². The van der Waals surface area contributed by atoms with Crippen molar-refractivity contribution in [1.29, 1.82) is 0 Å². The second-order valence-electron chi connectivity index (χ2n) is 7.30. The van der Waals surface area contributed by atoms with Crippen LogP contribution in [0, 0.1) is 12.8 Å². The van der Waals surface area contributed by atoms with Crippen LogP contribution in [-0.2, 0) is 14.8 Å². The van der Waals surface area contributed by atoms with E-state index in [9.17, 15) is 13.2 Å². The van der Waals surface area contributed by atoms with Crippen molar-refractivity contribution >= 4 is 15.9 Å². The van der Waals surface area contributed by atoms with Gasteiger partial charge >= 0.3 is 0 Å². The lowest BCUT2D eigenvalue weighted by Gasteiger charge is -2.21. The summed E-state index contributed by atoms with van der Waals surface area (Å²) in [5, 5.41) is 2.99. The molecule has 6 nitrogen and oxygen atoms in total. The van der Waals surface area contributed by atoms with Gasteiger partial charge in [-0.05, 0) is 29.7 Å². The number of amides is 1. The van der Waals surface area contributed by atoms with Gasteiger partial charge in [0, 0.05) is 25.6 Å². The van der Waals surface area contributed by atoms with Crippen molar-refractivity contribution in [1.82, 2.24) is 9.62 Å². The summed E-state index contributed by atoms with van der Waals surface area (Å²) in [6, 6.07) is 15.0. The van der Waals surface area contributed by atoms with Crippen LogP contribution in [0.3, 0.4) is 0 Å². The number of nitrogens with one attached hydrogen (secondary N) is 1. The average Bonchev–Trinajstić information content (AvgIpc) is 3.08. The summed E-state index contributed by atoms with van der Waals surface area (Å²) in [6.45, 7) is 2.64. The number of hydrogen-bond acceptors (Lipinski definition) is 4. The molecule has 1 aliphatic rings. The van der Waals surface area contributed by atoms with Gasteiger partial charge in [0.15, 0.2) is 0 Å². The van der Waals surface area contributed by atoms with Crippen molar-refractivity contribution in [2.75, 3.05) is 33.1 Å². The van der Waals surface area contributed by atoms with Crippen molar-refractivity contribution in [3.05, 3.63) is 59.7 Å². The molecule has 2 aromatic carbocycles. The van der Waals surface area contributed by atoms with Crippen LogP contribution in [0.15, 0.2) is 48.5 Å². The number of benzene rings is 2. The lowest BCUT2D eigenvalue weighted by molar-refractivity contribution is 0.0926. The third-order valence-corrected chi connectivity index (χ3v) is 7.06. The molecule has 1 heterocycles. The molecular weight excluding hydrogens is 376 g/mol. The Morgan fingerprint density at radius 1 is 1.07 bits per heavy atom. The Balaban J connectivity index is 1.81. The first kappa shape index (κ1) is 20.5. The van der Waals surface area contributed by atoms with Gasteiger partial charge in [0.2, 0.25) is 10.0 Å². The Labute approximate surface area is 166 Å². The van der Waals surface area contributed by atoms with Gasteiger partial charge in [-0.25, -0.2) is 12.7 Å². The molecule has 2 aromatic rings. The van der Waals surface area contributed by atoms with Gasteiger partial charge in [-0.2, -0.15) is 0 Å². The van der Waals surface area contributed by atoms with E-state index in [-0.39, 0.29) is 23.6 Å². The number of nitrogens with zero attached hydrogens (tertiary/aromatic N) is 1. The highest BCUT2D eigenvalue weighted by Gasteiger charge is 2.34. The molecule has 0 spiro atoms. The van der Waals surface area contributed by atoms with E-state index in [1.807, 2.05) is 49.4 Å². The smallest absolute Gasteiger partial charge is 0.252 e. The van der Waals surface area contributed by atoms with Gasteiger partial charge in [-0.3, -0.25) is 4.79 Å². The number of ether oxygens (including phenoxy) is 1. The van der Waals surface area contributed by atoms with Crippen molar-refractivity contribution in [3.63, 3.8) is 0 Å². The quantitative estimate of drug-likeness (QED) is 0.804. The maximum Gasteiger partial charge on any atom is 0.252 e. The molecular formula is C21H26N2O4S. The fraction of sp³-hybridized carbons (Fsp3) is 0.381. The minimum absolute atomic E-state index is 0.0512. The first-order chi connectivity index (χ1) is 13.3. The zero-order chi connectivity index (χ0) is 20.3. The van der Waals surface area contributed by atoms with Crippen LogP contribution in [0.4, 0.5) is 0 Å². The topological polar surface area (TPSA) is 75.7 Å². The number of sulfonamides is 1. The van der Waals surface area contributed by atoms with Gasteiger partial charge in [-0.1, -0.05) is 42.5 Å². The zero-order valence-electron chi connectivity index (χ0n) is 16.4. The molecule has 1 aliphatic heterocycles. The number of rotatable bonds is 6. The van der Waals surface area contributed by atoms with Crippen molar-refractivity contribution in [3.8, 4) is 11.1 Å². The van der Waals surface area contributed by atoms with E-state index in [4.69, 9.17) is 4.74 Å². The van der Waals surface area contributed by atoms with E-state index in [0.29, 0.717) is 18.8 Å². The SMILES string of the molecule is Cc1ccccc1-c1ccccc1C(=O)N[C@H]1COC[C@H]1CS(=O)(=O)N(C)C. The zero-order valence-corrected chi connectivity index (χ0v) is 17.2. The maximum absolute atomic E-state index is 13.0. The minimum atomic E-state index is -3.37. The second-order valence-corrected chi connectivity index (χ2v) is 9.53. The van der Waals surface area contributed by atoms with E-state index >= 15 is 0 Å². The van der Waals surface area contributed by atoms with Gasteiger partial charge in [0.05, 0.1) is 25.0 Å². The molecule has 1 fully saturated rings. The fourth-order valence-electron chi connectivity index (χ4n) is 3.38. The number of carbonyl (C=O) groups is 1. The Kier molecular flexibility index (Phi) is 6.17. The van der Waals surface area contributed by atoms with Crippen LogP contribution in [0.2, 0.25) is 0 Å². The van der Waals surface area contributed by atoms with E-state index in [2.05, 4.69) is 5.32 Å². The minimum Gasteiger partial charge on any atom is -0.379 e. The first-order valence-electron chi connectivity index (χ1n) is 9.23. The van der Waals surface area contributed by atoms with Crippen LogP contribution in [0.5, 0.6) is 0 Å². The largest absolute Gasteiger partial charge is 0.379 e. The Morgan fingerprint density at radius 2 is 1.71 bits per heavy atom. The molecule has 2 atom stereocenters. The lowest BCUT2D eigenvalue weighted by Crippen LogP contribution is -2.43. The van der Waals surface area contributed by atoms with Gasteiger partial charge in [0.25, 0.3) is 5.91 Å². The molecule has 0 unspecified atom stereocenters. The highest BCUT2D eigenvalue weighted by atomic mass is 32.2. The number of carbonyl (C=O) groups excluding carboxylic acids is 1. The average molecular weight is 403 g/mol. The van der Waals surface area contributed by atoms with Gasteiger partial charge < -0.3 is 10.1 Å². The van der Waals surface area contributed by atoms with E-state index in [1.165, 1.54) is 18.4 Å². The van der Waals surface area contributed by atoms with Crippen LogP contribution in [-0.4, -0.2) is 57.7 Å². The summed E-state index contributed by atoms with van der Waals surface area (Å²) in [5.41, 5.74) is 3.51. The number of aryl methyl sites for hydroxylation is 1. The predicted octanol–water partition coefficient (Wildman–Crippen LogP) is 2.30. The molecule has 1 amide bonds. The normalized spacial score (nSPS) is 19.7. The van der Waals surface area contributed by atoms with E-state index < -0.39 is 10.0 Å². The predicted molar refractivity (Wildman–Crippen MR) is 110 cm³/mol. The van der Waals surface area contributed by atoms with Crippen LogP contribution in [0.1, 0.15) is 15.9 Å².